The molecule has 2 aliphatic heterocycles. The van der Waals surface area contributed by atoms with E-state index >= 15 is 0 Å². The van der Waals surface area contributed by atoms with Gasteiger partial charge in [0, 0.05) is 26.7 Å². The Balaban J connectivity index is 1.96. The van der Waals surface area contributed by atoms with Gasteiger partial charge in [-0.25, -0.2) is 0 Å². The average molecular weight is 238 g/mol. The first kappa shape index (κ1) is 12.4. The van der Waals surface area contributed by atoms with Crippen LogP contribution in [0.15, 0.2) is 4.99 Å². The third-order valence-corrected chi connectivity index (χ3v) is 3.58. The molecule has 96 valence electrons. The third kappa shape index (κ3) is 2.44. The van der Waals surface area contributed by atoms with E-state index < -0.39 is 5.54 Å². The van der Waals surface area contributed by atoms with Crippen LogP contribution in [0.5, 0.6) is 0 Å². The molecule has 17 heavy (non-hydrogen) atoms. The highest BCUT2D eigenvalue weighted by molar-refractivity contribution is 6.09. The summed E-state index contributed by atoms with van der Waals surface area (Å²) in [7, 11) is 1.69. The molecule has 0 bridgehead atoms. The second-order valence-electron chi connectivity index (χ2n) is 5.43. The van der Waals surface area contributed by atoms with Crippen LogP contribution in [0.1, 0.15) is 26.7 Å². The minimum atomic E-state index is -0.400. The molecule has 0 aromatic rings. The number of nitrogens with zero attached hydrogens (tertiary/aromatic N) is 2. The smallest absolute Gasteiger partial charge is 0.252 e. The van der Waals surface area contributed by atoms with Gasteiger partial charge in [-0.3, -0.25) is 15.1 Å². The van der Waals surface area contributed by atoms with E-state index in [-0.39, 0.29) is 5.91 Å². The first-order chi connectivity index (χ1) is 8.05. The van der Waals surface area contributed by atoms with Gasteiger partial charge in [0.05, 0.1) is 0 Å². The number of aliphatic imine (C=N–C) groups is 1. The van der Waals surface area contributed by atoms with E-state index in [1.807, 2.05) is 0 Å². The average Bonchev–Trinajstić information content (AvgIpc) is 2.59. The standard InChI is InChI=1S/C12H22N4O/c1-9(2)8-16-6-4-12(5-7-16)10(17)14-11(13-3)15-12/h9H,4-8H2,1-3H3,(H2,13,14,15,17). The first-order valence-electron chi connectivity index (χ1n) is 6.34. The number of amides is 1. The van der Waals surface area contributed by atoms with Crippen molar-refractivity contribution in [3.63, 3.8) is 0 Å². The Morgan fingerprint density at radius 1 is 1.41 bits per heavy atom. The van der Waals surface area contributed by atoms with Gasteiger partial charge in [0.2, 0.25) is 0 Å². The molecule has 2 fully saturated rings. The SMILES string of the molecule is CN=C1NC(=O)C2(CCN(CC(C)C)CC2)N1. The normalized spacial score (nSPS) is 26.6. The highest BCUT2D eigenvalue weighted by atomic mass is 16.2. The number of carbonyl (C=O) groups excluding carboxylic acids is 1. The molecular formula is C12H22N4O. The lowest BCUT2D eigenvalue weighted by molar-refractivity contribution is -0.125. The number of piperidine rings is 1. The lowest BCUT2D eigenvalue weighted by Gasteiger charge is -2.37. The Labute approximate surface area is 103 Å². The summed E-state index contributed by atoms with van der Waals surface area (Å²) in [5, 5.41) is 6.04. The maximum absolute atomic E-state index is 12.0. The number of hydrogen-bond donors (Lipinski definition) is 2. The Morgan fingerprint density at radius 3 is 2.53 bits per heavy atom. The van der Waals surface area contributed by atoms with E-state index in [1.165, 1.54) is 0 Å². The molecule has 0 saturated carbocycles. The molecule has 1 amide bonds. The van der Waals surface area contributed by atoms with Crippen LogP contribution in [-0.4, -0.2) is 49.0 Å². The number of nitrogens with one attached hydrogen (secondary N) is 2. The van der Waals surface area contributed by atoms with E-state index in [0.29, 0.717) is 11.9 Å². The Hall–Kier alpha value is -1.10. The molecule has 2 saturated heterocycles. The van der Waals surface area contributed by atoms with Gasteiger partial charge in [0.15, 0.2) is 5.96 Å². The molecule has 2 heterocycles. The third-order valence-electron chi connectivity index (χ3n) is 3.58. The summed E-state index contributed by atoms with van der Waals surface area (Å²) < 4.78 is 0. The minimum Gasteiger partial charge on any atom is -0.342 e. The lowest BCUT2D eigenvalue weighted by Crippen LogP contribution is -2.55. The van der Waals surface area contributed by atoms with Crippen LogP contribution < -0.4 is 10.6 Å². The number of hydrogen-bond acceptors (Lipinski definition) is 3. The summed E-state index contributed by atoms with van der Waals surface area (Å²) in [6.45, 7) is 7.54. The maximum Gasteiger partial charge on any atom is 0.252 e. The quantitative estimate of drug-likeness (QED) is 0.721. The van der Waals surface area contributed by atoms with Crippen LogP contribution in [0, 0.1) is 5.92 Å². The van der Waals surface area contributed by atoms with Crippen molar-refractivity contribution in [1.82, 2.24) is 15.5 Å². The van der Waals surface area contributed by atoms with Crippen molar-refractivity contribution in [2.75, 3.05) is 26.7 Å². The molecule has 5 nitrogen and oxygen atoms in total. The number of rotatable bonds is 2. The van der Waals surface area contributed by atoms with Crippen LogP contribution in [-0.2, 0) is 4.79 Å². The van der Waals surface area contributed by atoms with E-state index in [9.17, 15) is 4.79 Å². The predicted octanol–water partition coefficient (Wildman–Crippen LogP) is 0.182. The van der Waals surface area contributed by atoms with E-state index in [4.69, 9.17) is 0 Å². The van der Waals surface area contributed by atoms with Gasteiger partial charge < -0.3 is 10.2 Å². The predicted molar refractivity (Wildman–Crippen MR) is 67.9 cm³/mol. The molecule has 2 rings (SSSR count). The van der Waals surface area contributed by atoms with E-state index in [2.05, 4.69) is 34.4 Å². The summed E-state index contributed by atoms with van der Waals surface area (Å²) >= 11 is 0. The first-order valence-corrected chi connectivity index (χ1v) is 6.34. The number of likely N-dealkylation sites (tertiary alicyclic amines) is 1. The summed E-state index contributed by atoms with van der Waals surface area (Å²) in [5.41, 5.74) is -0.400. The van der Waals surface area contributed by atoms with Crippen molar-refractivity contribution in [2.45, 2.75) is 32.2 Å². The van der Waals surface area contributed by atoms with Crippen molar-refractivity contribution < 1.29 is 4.79 Å². The largest absolute Gasteiger partial charge is 0.342 e. The molecule has 2 aliphatic rings. The lowest BCUT2D eigenvalue weighted by atomic mass is 9.87. The highest BCUT2D eigenvalue weighted by Gasteiger charge is 2.46. The van der Waals surface area contributed by atoms with Gasteiger partial charge in [-0.05, 0) is 18.8 Å². The minimum absolute atomic E-state index is 0.0855. The fraction of sp³-hybridized carbons (Fsp3) is 0.833. The van der Waals surface area contributed by atoms with Crippen molar-refractivity contribution in [1.29, 1.82) is 0 Å². The topological polar surface area (TPSA) is 56.7 Å². The second kappa shape index (κ2) is 4.64. The summed E-state index contributed by atoms with van der Waals surface area (Å²) in [6, 6.07) is 0. The molecule has 0 radical (unpaired) electrons. The van der Waals surface area contributed by atoms with Crippen LogP contribution in [0.2, 0.25) is 0 Å². The molecule has 0 aromatic heterocycles. The van der Waals surface area contributed by atoms with Crippen LogP contribution in [0.3, 0.4) is 0 Å². The van der Waals surface area contributed by atoms with Gasteiger partial charge in [0.25, 0.3) is 5.91 Å². The Bertz CT molecular complexity index is 329. The van der Waals surface area contributed by atoms with E-state index in [1.54, 1.807) is 7.05 Å². The van der Waals surface area contributed by atoms with Crippen molar-refractivity contribution in [3.8, 4) is 0 Å². The fourth-order valence-electron chi connectivity index (χ4n) is 2.64. The summed E-state index contributed by atoms with van der Waals surface area (Å²) in [4.78, 5) is 18.4. The molecule has 0 unspecified atom stereocenters. The molecular weight excluding hydrogens is 216 g/mol. The molecule has 0 atom stereocenters. The van der Waals surface area contributed by atoms with Crippen molar-refractivity contribution in [3.05, 3.63) is 0 Å². The fourth-order valence-corrected chi connectivity index (χ4v) is 2.64. The zero-order chi connectivity index (χ0) is 12.5. The van der Waals surface area contributed by atoms with E-state index in [0.717, 1.165) is 32.5 Å². The molecule has 2 N–H and O–H groups in total. The number of carbonyl (C=O) groups is 1. The molecule has 1 spiro atoms. The van der Waals surface area contributed by atoms with Crippen molar-refractivity contribution in [2.24, 2.45) is 10.9 Å². The van der Waals surface area contributed by atoms with Crippen LogP contribution in [0.25, 0.3) is 0 Å². The van der Waals surface area contributed by atoms with Crippen molar-refractivity contribution >= 4 is 11.9 Å². The van der Waals surface area contributed by atoms with Gasteiger partial charge >= 0.3 is 0 Å². The monoisotopic (exact) mass is 238 g/mol. The Morgan fingerprint density at radius 2 is 2.06 bits per heavy atom. The summed E-state index contributed by atoms with van der Waals surface area (Å²) in [6.07, 6.45) is 1.73. The zero-order valence-electron chi connectivity index (χ0n) is 10.9. The maximum atomic E-state index is 12.0. The Kier molecular flexibility index (Phi) is 3.38. The summed E-state index contributed by atoms with van der Waals surface area (Å²) in [5.74, 6) is 1.39. The van der Waals surface area contributed by atoms with Crippen LogP contribution in [0.4, 0.5) is 0 Å². The molecule has 5 heteroatoms. The van der Waals surface area contributed by atoms with Gasteiger partial charge in [-0.1, -0.05) is 13.8 Å². The zero-order valence-corrected chi connectivity index (χ0v) is 10.9. The highest BCUT2D eigenvalue weighted by Crippen LogP contribution is 2.25. The van der Waals surface area contributed by atoms with Gasteiger partial charge in [0.1, 0.15) is 5.54 Å². The van der Waals surface area contributed by atoms with Gasteiger partial charge in [-0.15, -0.1) is 0 Å². The molecule has 0 aliphatic carbocycles. The van der Waals surface area contributed by atoms with Crippen LogP contribution >= 0.6 is 0 Å². The molecule has 0 aromatic carbocycles. The second-order valence-corrected chi connectivity index (χ2v) is 5.43. The number of guanidine groups is 1. The van der Waals surface area contributed by atoms with Gasteiger partial charge in [-0.2, -0.15) is 0 Å².